The van der Waals surface area contributed by atoms with E-state index in [1.165, 1.54) is 0 Å². The number of methoxy groups -OCH3 is 1. The van der Waals surface area contributed by atoms with Crippen LogP contribution in [0.1, 0.15) is 43.9 Å². The van der Waals surface area contributed by atoms with Crippen LogP contribution >= 0.6 is 0 Å². The van der Waals surface area contributed by atoms with Crippen molar-refractivity contribution in [3.8, 4) is 5.75 Å². The van der Waals surface area contributed by atoms with E-state index >= 15 is 0 Å². The van der Waals surface area contributed by atoms with Gasteiger partial charge in [0.05, 0.1) is 13.2 Å². The standard InChI is InChI=1S/C22H29N3O2/c1-16(2)25-14-10-19(11-15-25)22(26)24-21(18-8-12-23-13-9-18)17-4-6-20(27-3)7-5-17/h4-9,12-13,16,19,21H,10-11,14-15H2,1-3H3,(H,24,26). The highest BCUT2D eigenvalue weighted by molar-refractivity contribution is 5.79. The highest BCUT2D eigenvalue weighted by atomic mass is 16.5. The van der Waals surface area contributed by atoms with Gasteiger partial charge in [-0.2, -0.15) is 0 Å². The quantitative estimate of drug-likeness (QED) is 0.850. The minimum absolute atomic E-state index is 0.0718. The van der Waals surface area contributed by atoms with Gasteiger partial charge in [0.2, 0.25) is 5.91 Å². The summed E-state index contributed by atoms with van der Waals surface area (Å²) in [6.07, 6.45) is 5.35. The Hall–Kier alpha value is -2.40. The summed E-state index contributed by atoms with van der Waals surface area (Å²) in [6, 6.07) is 12.1. The van der Waals surface area contributed by atoms with Crippen LogP contribution < -0.4 is 10.1 Å². The van der Waals surface area contributed by atoms with E-state index in [-0.39, 0.29) is 17.9 Å². The molecule has 1 unspecified atom stereocenters. The molecule has 1 fully saturated rings. The molecule has 0 spiro atoms. The molecule has 0 aliphatic carbocycles. The molecule has 3 rings (SSSR count). The van der Waals surface area contributed by atoms with Crippen molar-refractivity contribution >= 4 is 5.91 Å². The smallest absolute Gasteiger partial charge is 0.223 e. The van der Waals surface area contributed by atoms with Crippen LogP contribution in [0, 0.1) is 5.92 Å². The molecule has 27 heavy (non-hydrogen) atoms. The number of nitrogens with zero attached hydrogens (tertiary/aromatic N) is 2. The largest absolute Gasteiger partial charge is 0.497 e. The molecule has 2 heterocycles. The fourth-order valence-corrected chi connectivity index (χ4v) is 3.65. The summed E-state index contributed by atoms with van der Waals surface area (Å²) in [7, 11) is 1.65. The number of likely N-dealkylation sites (tertiary alicyclic amines) is 1. The first-order chi connectivity index (χ1) is 13.1. The topological polar surface area (TPSA) is 54.5 Å². The molecule has 1 N–H and O–H groups in total. The van der Waals surface area contributed by atoms with Gasteiger partial charge in [-0.05, 0) is 75.2 Å². The molecule has 0 saturated carbocycles. The lowest BCUT2D eigenvalue weighted by Crippen LogP contribution is -2.43. The van der Waals surface area contributed by atoms with Gasteiger partial charge in [-0.1, -0.05) is 12.1 Å². The Bertz CT molecular complexity index is 723. The Balaban J connectivity index is 1.74. The van der Waals surface area contributed by atoms with Gasteiger partial charge in [0, 0.05) is 24.4 Å². The van der Waals surface area contributed by atoms with Crippen molar-refractivity contribution in [2.45, 2.75) is 38.8 Å². The lowest BCUT2D eigenvalue weighted by molar-refractivity contribution is -0.127. The third-order valence-corrected chi connectivity index (χ3v) is 5.41. The minimum atomic E-state index is -0.186. The maximum atomic E-state index is 13.0. The summed E-state index contributed by atoms with van der Waals surface area (Å²) in [5.41, 5.74) is 2.07. The number of ether oxygens (including phenoxy) is 1. The van der Waals surface area contributed by atoms with E-state index in [1.54, 1.807) is 19.5 Å². The number of hydrogen-bond donors (Lipinski definition) is 1. The molecule has 1 saturated heterocycles. The number of nitrogens with one attached hydrogen (secondary N) is 1. The number of carbonyl (C=O) groups is 1. The van der Waals surface area contributed by atoms with Crippen LogP contribution in [0.25, 0.3) is 0 Å². The summed E-state index contributed by atoms with van der Waals surface area (Å²) in [5.74, 6) is 1.01. The molecule has 2 aromatic rings. The summed E-state index contributed by atoms with van der Waals surface area (Å²) in [4.78, 5) is 19.5. The second kappa shape index (κ2) is 9.00. The minimum Gasteiger partial charge on any atom is -0.497 e. The number of pyridine rings is 1. The number of amides is 1. The van der Waals surface area contributed by atoms with Crippen LogP contribution in [-0.4, -0.2) is 42.0 Å². The van der Waals surface area contributed by atoms with Crippen LogP contribution in [0.4, 0.5) is 0 Å². The Labute approximate surface area is 161 Å². The second-order valence-electron chi connectivity index (χ2n) is 7.40. The SMILES string of the molecule is COc1ccc(C(NC(=O)C2CCN(C(C)C)CC2)c2ccncc2)cc1. The predicted octanol–water partition coefficient (Wildman–Crippen LogP) is 3.42. The molecular formula is C22H29N3O2. The van der Waals surface area contributed by atoms with E-state index < -0.39 is 0 Å². The zero-order valence-corrected chi connectivity index (χ0v) is 16.4. The highest BCUT2D eigenvalue weighted by Gasteiger charge is 2.28. The second-order valence-corrected chi connectivity index (χ2v) is 7.40. The van der Waals surface area contributed by atoms with E-state index in [2.05, 4.69) is 29.0 Å². The molecule has 1 aliphatic heterocycles. The van der Waals surface area contributed by atoms with Crippen LogP contribution in [0.15, 0.2) is 48.8 Å². The van der Waals surface area contributed by atoms with Gasteiger partial charge in [-0.25, -0.2) is 0 Å². The maximum absolute atomic E-state index is 13.0. The van der Waals surface area contributed by atoms with Crippen LogP contribution in [0.5, 0.6) is 5.75 Å². The first kappa shape index (κ1) is 19.4. The van der Waals surface area contributed by atoms with Gasteiger partial charge in [-0.15, -0.1) is 0 Å². The van der Waals surface area contributed by atoms with Gasteiger partial charge in [0.15, 0.2) is 0 Å². The fraction of sp³-hybridized carbons (Fsp3) is 0.455. The number of piperidine rings is 1. The van der Waals surface area contributed by atoms with E-state index in [1.807, 2.05) is 36.4 Å². The average Bonchev–Trinajstić information content (AvgIpc) is 2.72. The van der Waals surface area contributed by atoms with E-state index in [0.29, 0.717) is 6.04 Å². The number of rotatable bonds is 6. The summed E-state index contributed by atoms with van der Waals surface area (Å²) in [6.45, 7) is 6.39. The third-order valence-electron chi connectivity index (χ3n) is 5.41. The summed E-state index contributed by atoms with van der Waals surface area (Å²) in [5, 5.41) is 3.27. The molecule has 1 aromatic heterocycles. The Morgan fingerprint density at radius 2 is 1.67 bits per heavy atom. The summed E-state index contributed by atoms with van der Waals surface area (Å²) < 4.78 is 5.26. The zero-order chi connectivity index (χ0) is 19.2. The van der Waals surface area contributed by atoms with Crippen LogP contribution in [0.3, 0.4) is 0 Å². The van der Waals surface area contributed by atoms with Gasteiger partial charge < -0.3 is 15.0 Å². The summed E-state index contributed by atoms with van der Waals surface area (Å²) >= 11 is 0. The Morgan fingerprint density at radius 3 is 2.22 bits per heavy atom. The lowest BCUT2D eigenvalue weighted by atomic mass is 9.93. The molecule has 1 atom stereocenters. The van der Waals surface area contributed by atoms with Gasteiger partial charge >= 0.3 is 0 Å². The van der Waals surface area contributed by atoms with Crippen LogP contribution in [-0.2, 0) is 4.79 Å². The van der Waals surface area contributed by atoms with Gasteiger partial charge in [0.1, 0.15) is 5.75 Å². The molecule has 1 aromatic carbocycles. The van der Waals surface area contributed by atoms with E-state index in [4.69, 9.17) is 4.74 Å². The van der Waals surface area contributed by atoms with Crippen molar-refractivity contribution in [1.82, 2.24) is 15.2 Å². The molecule has 144 valence electrons. The molecule has 5 heteroatoms. The van der Waals surface area contributed by atoms with Gasteiger partial charge in [-0.3, -0.25) is 9.78 Å². The van der Waals surface area contributed by atoms with Crippen molar-refractivity contribution in [2.75, 3.05) is 20.2 Å². The Kier molecular flexibility index (Phi) is 6.45. The number of benzene rings is 1. The van der Waals surface area contributed by atoms with Crippen molar-refractivity contribution in [3.63, 3.8) is 0 Å². The van der Waals surface area contributed by atoms with E-state index in [9.17, 15) is 4.79 Å². The number of hydrogen-bond acceptors (Lipinski definition) is 4. The highest BCUT2D eigenvalue weighted by Crippen LogP contribution is 2.26. The van der Waals surface area contributed by atoms with Crippen molar-refractivity contribution < 1.29 is 9.53 Å². The zero-order valence-electron chi connectivity index (χ0n) is 16.4. The first-order valence-corrected chi connectivity index (χ1v) is 9.66. The molecule has 5 nitrogen and oxygen atoms in total. The average molecular weight is 367 g/mol. The van der Waals surface area contributed by atoms with E-state index in [0.717, 1.165) is 42.8 Å². The molecular weight excluding hydrogens is 338 g/mol. The van der Waals surface area contributed by atoms with Crippen LogP contribution in [0.2, 0.25) is 0 Å². The Morgan fingerprint density at radius 1 is 1.07 bits per heavy atom. The normalized spacial score (nSPS) is 16.9. The van der Waals surface area contributed by atoms with Crippen molar-refractivity contribution in [1.29, 1.82) is 0 Å². The number of carbonyl (C=O) groups excluding carboxylic acids is 1. The fourth-order valence-electron chi connectivity index (χ4n) is 3.65. The molecule has 1 amide bonds. The van der Waals surface area contributed by atoms with Crippen molar-refractivity contribution in [2.24, 2.45) is 5.92 Å². The first-order valence-electron chi connectivity index (χ1n) is 9.66. The monoisotopic (exact) mass is 367 g/mol. The molecule has 0 radical (unpaired) electrons. The van der Waals surface area contributed by atoms with Crippen molar-refractivity contribution in [3.05, 3.63) is 59.9 Å². The third kappa shape index (κ3) is 4.86. The maximum Gasteiger partial charge on any atom is 0.223 e. The van der Waals surface area contributed by atoms with Gasteiger partial charge in [0.25, 0.3) is 0 Å². The predicted molar refractivity (Wildman–Crippen MR) is 107 cm³/mol. The molecule has 0 bridgehead atoms. The molecule has 1 aliphatic rings. The number of aromatic nitrogens is 1. The lowest BCUT2D eigenvalue weighted by Gasteiger charge is -2.34.